The van der Waals surface area contributed by atoms with E-state index in [0.29, 0.717) is 21.9 Å². The minimum atomic E-state index is -0.393. The molecule has 1 aromatic heterocycles. The zero-order valence-electron chi connectivity index (χ0n) is 14.0. The van der Waals surface area contributed by atoms with Crippen LogP contribution in [0.15, 0.2) is 72.1 Å². The number of thiophene rings is 1. The van der Waals surface area contributed by atoms with Crippen LogP contribution in [0.4, 0.5) is 0 Å². The van der Waals surface area contributed by atoms with Crippen molar-refractivity contribution in [2.45, 2.75) is 0 Å². The number of hydrogen-bond acceptors (Lipinski definition) is 5. The lowest BCUT2D eigenvalue weighted by molar-refractivity contribution is 0.0739. The number of ether oxygens (including phenoxy) is 2. The molecule has 0 aliphatic heterocycles. The lowest BCUT2D eigenvalue weighted by Crippen LogP contribution is -2.06. The van der Waals surface area contributed by atoms with E-state index in [1.165, 1.54) is 17.4 Å². The Hall–Kier alpha value is -3.18. The molecule has 130 valence electrons. The van der Waals surface area contributed by atoms with E-state index in [1.807, 2.05) is 11.4 Å². The van der Waals surface area contributed by atoms with E-state index in [4.69, 9.17) is 9.47 Å². The molecule has 0 saturated heterocycles. The number of carbonyl (C=O) groups excluding carboxylic acids is 2. The number of benzene rings is 2. The Balaban J connectivity index is 1.68. The Kier molecular flexibility index (Phi) is 5.61. The van der Waals surface area contributed by atoms with Crippen molar-refractivity contribution in [2.24, 2.45) is 0 Å². The van der Waals surface area contributed by atoms with Gasteiger partial charge in [-0.3, -0.25) is 4.79 Å². The Morgan fingerprint density at radius 1 is 0.962 bits per heavy atom. The number of allylic oxidation sites excluding steroid dienone is 1. The summed E-state index contributed by atoms with van der Waals surface area (Å²) in [4.78, 5) is 24.8. The summed E-state index contributed by atoms with van der Waals surface area (Å²) in [6.07, 6.45) is 3.18. The van der Waals surface area contributed by atoms with E-state index < -0.39 is 5.97 Å². The molecule has 0 radical (unpaired) electrons. The largest absolute Gasteiger partial charge is 0.497 e. The predicted molar refractivity (Wildman–Crippen MR) is 102 cm³/mol. The van der Waals surface area contributed by atoms with Gasteiger partial charge in [-0.25, -0.2) is 4.79 Å². The maximum Gasteiger partial charge on any atom is 0.353 e. The van der Waals surface area contributed by atoms with E-state index >= 15 is 0 Å². The summed E-state index contributed by atoms with van der Waals surface area (Å²) < 4.78 is 10.4. The van der Waals surface area contributed by atoms with Crippen molar-refractivity contribution in [3.8, 4) is 11.5 Å². The molecule has 0 saturated carbocycles. The normalized spacial score (nSPS) is 10.7. The third-order valence-corrected chi connectivity index (χ3v) is 4.44. The van der Waals surface area contributed by atoms with Crippen LogP contribution in [0.5, 0.6) is 11.5 Å². The van der Waals surface area contributed by atoms with Gasteiger partial charge in [-0.1, -0.05) is 24.3 Å². The molecular formula is C21H16O4S. The van der Waals surface area contributed by atoms with Gasteiger partial charge >= 0.3 is 5.97 Å². The second-order valence-corrected chi connectivity index (χ2v) is 6.31. The van der Waals surface area contributed by atoms with Crippen LogP contribution in [-0.2, 0) is 0 Å². The molecule has 0 atom stereocenters. The van der Waals surface area contributed by atoms with Gasteiger partial charge < -0.3 is 9.47 Å². The average molecular weight is 364 g/mol. The van der Waals surface area contributed by atoms with E-state index in [9.17, 15) is 9.59 Å². The molecule has 0 spiro atoms. The molecule has 0 aliphatic carbocycles. The predicted octanol–water partition coefficient (Wildman–Crippen LogP) is 4.87. The molecule has 26 heavy (non-hydrogen) atoms. The Morgan fingerprint density at radius 2 is 1.77 bits per heavy atom. The molecule has 0 aliphatic rings. The molecule has 0 bridgehead atoms. The minimum absolute atomic E-state index is 0.117. The molecule has 4 nitrogen and oxygen atoms in total. The van der Waals surface area contributed by atoms with Gasteiger partial charge in [0.15, 0.2) is 5.78 Å². The Labute approximate surface area is 155 Å². The summed E-state index contributed by atoms with van der Waals surface area (Å²) in [7, 11) is 1.58. The maximum absolute atomic E-state index is 12.2. The van der Waals surface area contributed by atoms with Gasteiger partial charge in [0.2, 0.25) is 0 Å². The van der Waals surface area contributed by atoms with Crippen LogP contribution in [0.25, 0.3) is 6.08 Å². The van der Waals surface area contributed by atoms with Gasteiger partial charge in [-0.05, 0) is 59.5 Å². The molecular weight excluding hydrogens is 348 g/mol. The number of ketones is 1. The molecule has 1 heterocycles. The van der Waals surface area contributed by atoms with Gasteiger partial charge in [-0.2, -0.15) is 0 Å². The van der Waals surface area contributed by atoms with E-state index in [1.54, 1.807) is 67.8 Å². The van der Waals surface area contributed by atoms with Crippen molar-refractivity contribution in [3.05, 3.63) is 88.1 Å². The number of methoxy groups -OCH3 is 1. The molecule has 0 amide bonds. The van der Waals surface area contributed by atoms with Crippen LogP contribution < -0.4 is 9.47 Å². The highest BCUT2D eigenvalue weighted by Crippen LogP contribution is 2.18. The van der Waals surface area contributed by atoms with E-state index in [0.717, 1.165) is 5.56 Å². The SMILES string of the molecule is COc1ccc(C(=O)/C=C/c2cccc(OC(=O)c3cccs3)c2)cc1. The Morgan fingerprint density at radius 3 is 2.46 bits per heavy atom. The molecule has 3 aromatic rings. The first-order chi connectivity index (χ1) is 12.7. The standard InChI is InChI=1S/C21H16O4S/c1-24-17-10-8-16(9-11-17)19(22)12-7-15-4-2-5-18(14-15)25-21(23)20-6-3-13-26-20/h2-14H,1H3/b12-7+. The number of rotatable bonds is 6. The van der Waals surface area contributed by atoms with Crippen molar-refractivity contribution in [1.82, 2.24) is 0 Å². The Bertz CT molecular complexity index is 925. The fraction of sp³-hybridized carbons (Fsp3) is 0.0476. The molecule has 5 heteroatoms. The van der Waals surface area contributed by atoms with Gasteiger partial charge in [0.05, 0.1) is 7.11 Å². The topological polar surface area (TPSA) is 52.6 Å². The fourth-order valence-corrected chi connectivity index (χ4v) is 2.86. The number of esters is 1. The first-order valence-electron chi connectivity index (χ1n) is 7.88. The van der Waals surface area contributed by atoms with Gasteiger partial charge in [0.1, 0.15) is 16.4 Å². The highest BCUT2D eigenvalue weighted by atomic mass is 32.1. The summed E-state index contributed by atoms with van der Waals surface area (Å²) >= 11 is 1.33. The molecule has 0 unspecified atom stereocenters. The molecule has 2 aromatic carbocycles. The van der Waals surface area contributed by atoms with Crippen LogP contribution in [0, 0.1) is 0 Å². The minimum Gasteiger partial charge on any atom is -0.497 e. The first kappa shape index (κ1) is 17.6. The molecule has 0 fully saturated rings. The van der Waals surface area contributed by atoms with Crippen molar-refractivity contribution < 1.29 is 19.1 Å². The van der Waals surface area contributed by atoms with Crippen LogP contribution >= 0.6 is 11.3 Å². The molecule has 0 N–H and O–H groups in total. The number of carbonyl (C=O) groups is 2. The van der Waals surface area contributed by atoms with E-state index in [-0.39, 0.29) is 5.78 Å². The van der Waals surface area contributed by atoms with Gasteiger partial charge in [0.25, 0.3) is 0 Å². The van der Waals surface area contributed by atoms with Crippen LogP contribution in [0.2, 0.25) is 0 Å². The van der Waals surface area contributed by atoms with Crippen LogP contribution in [-0.4, -0.2) is 18.9 Å². The second-order valence-electron chi connectivity index (χ2n) is 5.37. The van der Waals surface area contributed by atoms with Crippen molar-refractivity contribution in [3.63, 3.8) is 0 Å². The monoisotopic (exact) mass is 364 g/mol. The second kappa shape index (κ2) is 8.27. The molecule has 3 rings (SSSR count). The fourth-order valence-electron chi connectivity index (χ4n) is 2.26. The maximum atomic E-state index is 12.2. The average Bonchev–Trinajstić information content (AvgIpc) is 3.21. The summed E-state index contributed by atoms with van der Waals surface area (Å²) in [6, 6.07) is 17.4. The van der Waals surface area contributed by atoms with Gasteiger partial charge in [0, 0.05) is 5.56 Å². The van der Waals surface area contributed by atoms with E-state index in [2.05, 4.69) is 0 Å². The van der Waals surface area contributed by atoms with Crippen LogP contribution in [0.3, 0.4) is 0 Å². The highest BCUT2D eigenvalue weighted by molar-refractivity contribution is 7.12. The summed E-state index contributed by atoms with van der Waals surface area (Å²) in [6.45, 7) is 0. The van der Waals surface area contributed by atoms with Crippen molar-refractivity contribution in [2.75, 3.05) is 7.11 Å². The zero-order chi connectivity index (χ0) is 18.4. The third-order valence-electron chi connectivity index (χ3n) is 3.59. The van der Waals surface area contributed by atoms with Crippen molar-refractivity contribution >= 4 is 29.2 Å². The lowest BCUT2D eigenvalue weighted by Gasteiger charge is -2.03. The van der Waals surface area contributed by atoms with Gasteiger partial charge in [-0.15, -0.1) is 11.3 Å². The lowest BCUT2D eigenvalue weighted by atomic mass is 10.1. The smallest absolute Gasteiger partial charge is 0.353 e. The summed E-state index contributed by atoms with van der Waals surface area (Å²) in [5.74, 6) is 0.623. The van der Waals surface area contributed by atoms with Crippen molar-refractivity contribution in [1.29, 1.82) is 0 Å². The summed E-state index contributed by atoms with van der Waals surface area (Å²) in [5.41, 5.74) is 1.34. The first-order valence-corrected chi connectivity index (χ1v) is 8.76. The van der Waals surface area contributed by atoms with Crippen LogP contribution in [0.1, 0.15) is 25.6 Å². The quantitative estimate of drug-likeness (QED) is 0.271. The highest BCUT2D eigenvalue weighted by Gasteiger charge is 2.09. The zero-order valence-corrected chi connectivity index (χ0v) is 14.9. The number of hydrogen-bond donors (Lipinski definition) is 0. The summed E-state index contributed by atoms with van der Waals surface area (Å²) in [5, 5.41) is 1.82. The third kappa shape index (κ3) is 4.46.